The first-order valence-corrected chi connectivity index (χ1v) is 6.04. The Labute approximate surface area is 103 Å². The van der Waals surface area contributed by atoms with E-state index in [1.165, 1.54) is 0 Å². The maximum atomic E-state index is 9.86. The fourth-order valence-electron chi connectivity index (χ4n) is 1.40. The molecule has 2 heterocycles. The highest BCUT2D eigenvalue weighted by molar-refractivity contribution is 7.07. The summed E-state index contributed by atoms with van der Waals surface area (Å²) in [6.45, 7) is 0.408. The molecule has 0 aliphatic carbocycles. The first kappa shape index (κ1) is 11.6. The molecule has 0 aromatic carbocycles. The van der Waals surface area contributed by atoms with Gasteiger partial charge in [0.05, 0.1) is 6.10 Å². The molecule has 0 bridgehead atoms. The van der Waals surface area contributed by atoms with Gasteiger partial charge in [-0.15, -0.1) is 0 Å². The molecule has 0 spiro atoms. The molecule has 1 unspecified atom stereocenters. The standard InChI is InChI=1S/C12H11N3OS/c13-6-11-5-10(1-3-14-11)15-7-12(16)9-2-4-17-8-9/h1-5,8,12,16H,7H2,(H,14,15). The van der Waals surface area contributed by atoms with Crippen molar-refractivity contribution in [3.05, 3.63) is 46.4 Å². The van der Waals surface area contributed by atoms with Gasteiger partial charge in [-0.05, 0) is 34.5 Å². The van der Waals surface area contributed by atoms with Crippen molar-refractivity contribution in [3.8, 4) is 6.07 Å². The molecule has 0 amide bonds. The Hall–Kier alpha value is -1.90. The van der Waals surface area contributed by atoms with Crippen LogP contribution in [-0.4, -0.2) is 16.6 Å². The van der Waals surface area contributed by atoms with Gasteiger partial charge in [-0.3, -0.25) is 0 Å². The third kappa shape index (κ3) is 3.03. The summed E-state index contributed by atoms with van der Waals surface area (Å²) in [5.74, 6) is 0. The van der Waals surface area contributed by atoms with Crippen LogP contribution in [0.15, 0.2) is 35.2 Å². The topological polar surface area (TPSA) is 68.9 Å². The van der Waals surface area contributed by atoms with E-state index in [1.807, 2.05) is 22.9 Å². The van der Waals surface area contributed by atoms with Gasteiger partial charge in [-0.1, -0.05) is 0 Å². The Morgan fingerprint density at radius 3 is 3.12 bits per heavy atom. The molecule has 2 aromatic heterocycles. The molecule has 2 aromatic rings. The molecule has 0 saturated carbocycles. The second-order valence-electron chi connectivity index (χ2n) is 3.49. The molecule has 0 saturated heterocycles. The summed E-state index contributed by atoms with van der Waals surface area (Å²) < 4.78 is 0. The second-order valence-corrected chi connectivity index (χ2v) is 4.27. The Morgan fingerprint density at radius 2 is 2.41 bits per heavy atom. The number of pyridine rings is 1. The molecule has 2 N–H and O–H groups in total. The van der Waals surface area contributed by atoms with Crippen molar-refractivity contribution in [1.29, 1.82) is 5.26 Å². The van der Waals surface area contributed by atoms with E-state index in [1.54, 1.807) is 29.7 Å². The molecular weight excluding hydrogens is 234 g/mol. The zero-order valence-corrected chi connectivity index (χ0v) is 9.81. The van der Waals surface area contributed by atoms with Crippen LogP contribution < -0.4 is 5.32 Å². The highest BCUT2D eigenvalue weighted by Gasteiger charge is 2.07. The van der Waals surface area contributed by atoms with E-state index in [-0.39, 0.29) is 0 Å². The van der Waals surface area contributed by atoms with Crippen molar-refractivity contribution < 1.29 is 5.11 Å². The van der Waals surface area contributed by atoms with Crippen molar-refractivity contribution in [2.75, 3.05) is 11.9 Å². The fraction of sp³-hybridized carbons (Fsp3) is 0.167. The van der Waals surface area contributed by atoms with E-state index in [0.717, 1.165) is 11.3 Å². The lowest BCUT2D eigenvalue weighted by atomic mass is 10.2. The predicted molar refractivity (Wildman–Crippen MR) is 66.7 cm³/mol. The van der Waals surface area contributed by atoms with Gasteiger partial charge < -0.3 is 10.4 Å². The summed E-state index contributed by atoms with van der Waals surface area (Å²) in [5.41, 5.74) is 2.04. The van der Waals surface area contributed by atoms with Crippen molar-refractivity contribution in [2.45, 2.75) is 6.10 Å². The highest BCUT2D eigenvalue weighted by atomic mass is 32.1. The first-order valence-electron chi connectivity index (χ1n) is 5.10. The summed E-state index contributed by atoms with van der Waals surface area (Å²) in [5, 5.41) is 25.5. The van der Waals surface area contributed by atoms with E-state index in [2.05, 4.69) is 10.3 Å². The maximum absolute atomic E-state index is 9.86. The quantitative estimate of drug-likeness (QED) is 0.866. The molecule has 0 aliphatic rings. The van der Waals surface area contributed by atoms with Crippen LogP contribution in [0.1, 0.15) is 17.4 Å². The van der Waals surface area contributed by atoms with Gasteiger partial charge in [0.2, 0.25) is 0 Å². The summed E-state index contributed by atoms with van der Waals surface area (Å²) in [6, 6.07) is 7.28. The molecular formula is C12H11N3OS. The van der Waals surface area contributed by atoms with E-state index >= 15 is 0 Å². The summed E-state index contributed by atoms with van der Waals surface area (Å²) in [4.78, 5) is 3.87. The average molecular weight is 245 g/mol. The Kier molecular flexibility index (Phi) is 3.70. The van der Waals surface area contributed by atoms with Gasteiger partial charge in [0.25, 0.3) is 0 Å². The largest absolute Gasteiger partial charge is 0.387 e. The lowest BCUT2D eigenvalue weighted by molar-refractivity contribution is 0.192. The Balaban J connectivity index is 1.96. The zero-order chi connectivity index (χ0) is 12.1. The second kappa shape index (κ2) is 5.43. The summed E-state index contributed by atoms with van der Waals surface area (Å²) in [6.07, 6.45) is 1.03. The predicted octanol–water partition coefficient (Wildman–Crippen LogP) is 2.16. The molecule has 17 heavy (non-hydrogen) atoms. The lowest BCUT2D eigenvalue weighted by Gasteiger charge is -2.11. The van der Waals surface area contributed by atoms with Crippen LogP contribution in [-0.2, 0) is 0 Å². The molecule has 5 heteroatoms. The number of aliphatic hydroxyl groups excluding tert-OH is 1. The number of nitrogens with zero attached hydrogens (tertiary/aromatic N) is 2. The van der Waals surface area contributed by atoms with Crippen LogP contribution in [0.2, 0.25) is 0 Å². The van der Waals surface area contributed by atoms with E-state index in [0.29, 0.717) is 12.2 Å². The number of nitrogens with one attached hydrogen (secondary N) is 1. The highest BCUT2D eigenvalue weighted by Crippen LogP contribution is 2.17. The molecule has 86 valence electrons. The number of aromatic nitrogens is 1. The van der Waals surface area contributed by atoms with Gasteiger partial charge in [0.1, 0.15) is 11.8 Å². The molecule has 0 fully saturated rings. The summed E-state index contributed by atoms with van der Waals surface area (Å²) in [7, 11) is 0. The molecule has 4 nitrogen and oxygen atoms in total. The van der Waals surface area contributed by atoms with Crippen LogP contribution in [0.25, 0.3) is 0 Å². The number of aliphatic hydroxyl groups is 1. The van der Waals surface area contributed by atoms with Gasteiger partial charge in [0, 0.05) is 18.4 Å². The van der Waals surface area contributed by atoms with Crippen molar-refractivity contribution in [2.24, 2.45) is 0 Å². The van der Waals surface area contributed by atoms with Crippen LogP contribution in [0.3, 0.4) is 0 Å². The maximum Gasteiger partial charge on any atom is 0.142 e. The van der Waals surface area contributed by atoms with Crippen LogP contribution >= 0.6 is 11.3 Å². The van der Waals surface area contributed by atoms with Gasteiger partial charge >= 0.3 is 0 Å². The first-order chi connectivity index (χ1) is 8.29. The average Bonchev–Trinajstić information content (AvgIpc) is 2.90. The fourth-order valence-corrected chi connectivity index (χ4v) is 2.11. The third-order valence-electron chi connectivity index (χ3n) is 2.30. The van der Waals surface area contributed by atoms with Crippen LogP contribution in [0, 0.1) is 11.3 Å². The zero-order valence-electron chi connectivity index (χ0n) is 9.00. The summed E-state index contributed by atoms with van der Waals surface area (Å²) >= 11 is 1.55. The Bertz CT molecular complexity index is 519. The minimum Gasteiger partial charge on any atom is -0.387 e. The minimum absolute atomic E-state index is 0.361. The lowest BCUT2D eigenvalue weighted by Crippen LogP contribution is -2.11. The number of hydrogen-bond acceptors (Lipinski definition) is 5. The van der Waals surface area contributed by atoms with Crippen LogP contribution in [0.4, 0.5) is 5.69 Å². The smallest absolute Gasteiger partial charge is 0.142 e. The van der Waals surface area contributed by atoms with Crippen molar-refractivity contribution in [1.82, 2.24) is 4.98 Å². The molecule has 1 atom stereocenters. The van der Waals surface area contributed by atoms with Crippen molar-refractivity contribution in [3.63, 3.8) is 0 Å². The molecule has 0 radical (unpaired) electrons. The number of thiophene rings is 1. The molecule has 0 aliphatic heterocycles. The monoisotopic (exact) mass is 245 g/mol. The van der Waals surface area contributed by atoms with Gasteiger partial charge in [-0.2, -0.15) is 16.6 Å². The minimum atomic E-state index is -0.542. The van der Waals surface area contributed by atoms with E-state index < -0.39 is 6.10 Å². The van der Waals surface area contributed by atoms with Gasteiger partial charge in [-0.25, -0.2) is 4.98 Å². The number of anilines is 1. The number of nitriles is 1. The molecule has 2 rings (SSSR count). The van der Waals surface area contributed by atoms with Crippen LogP contribution in [0.5, 0.6) is 0 Å². The number of rotatable bonds is 4. The number of hydrogen-bond donors (Lipinski definition) is 2. The van der Waals surface area contributed by atoms with E-state index in [4.69, 9.17) is 5.26 Å². The Morgan fingerprint density at radius 1 is 1.53 bits per heavy atom. The third-order valence-corrected chi connectivity index (χ3v) is 3.00. The van der Waals surface area contributed by atoms with Gasteiger partial charge in [0.15, 0.2) is 0 Å². The van der Waals surface area contributed by atoms with Crippen molar-refractivity contribution >= 4 is 17.0 Å². The SMILES string of the molecule is N#Cc1cc(NCC(O)c2ccsc2)ccn1. The van der Waals surface area contributed by atoms with E-state index in [9.17, 15) is 5.11 Å². The normalized spacial score (nSPS) is 11.8.